The fourth-order valence-electron chi connectivity index (χ4n) is 1.93. The molecule has 0 unspecified atom stereocenters. The van der Waals surface area contributed by atoms with Gasteiger partial charge in [-0.15, -0.1) is 0 Å². The monoisotopic (exact) mass is 228 g/mol. The molecule has 1 aromatic heterocycles. The second-order valence-electron chi connectivity index (χ2n) is 4.17. The van der Waals surface area contributed by atoms with Crippen molar-refractivity contribution < 1.29 is 4.79 Å². The summed E-state index contributed by atoms with van der Waals surface area (Å²) in [7, 11) is 0. The van der Waals surface area contributed by atoms with Gasteiger partial charge in [0.05, 0.1) is 12.1 Å². The van der Waals surface area contributed by atoms with Crippen LogP contribution in [0.25, 0.3) is 0 Å². The first kappa shape index (κ1) is 11.6. The zero-order valence-electron chi connectivity index (χ0n) is 10.1. The van der Waals surface area contributed by atoms with Crippen molar-refractivity contribution in [1.29, 1.82) is 0 Å². The second kappa shape index (κ2) is 4.95. The van der Waals surface area contributed by atoms with Gasteiger partial charge in [0, 0.05) is 6.20 Å². The lowest BCUT2D eigenvalue weighted by atomic mass is 9.96. The summed E-state index contributed by atoms with van der Waals surface area (Å²) >= 11 is 0. The summed E-state index contributed by atoms with van der Waals surface area (Å²) in [5, 5.41) is 4.08. The molecule has 0 aliphatic rings. The molecule has 0 radical (unpaired) electrons. The largest absolute Gasteiger partial charge is 0.272 e. The summed E-state index contributed by atoms with van der Waals surface area (Å²) < 4.78 is 1.44. The van der Waals surface area contributed by atoms with E-state index in [0.29, 0.717) is 0 Å². The van der Waals surface area contributed by atoms with Gasteiger partial charge in [-0.3, -0.25) is 4.79 Å². The van der Waals surface area contributed by atoms with Crippen LogP contribution in [0.4, 0.5) is 0 Å². The van der Waals surface area contributed by atoms with Crippen molar-refractivity contribution in [2.24, 2.45) is 0 Å². The van der Waals surface area contributed by atoms with Crippen LogP contribution in [-0.4, -0.2) is 15.7 Å². The topological polar surface area (TPSA) is 34.9 Å². The molecule has 88 valence electrons. The van der Waals surface area contributed by atoms with Crippen molar-refractivity contribution in [3.8, 4) is 0 Å². The first-order valence-corrected chi connectivity index (χ1v) is 5.82. The minimum Gasteiger partial charge on any atom is -0.272 e. The molecular weight excluding hydrogens is 212 g/mol. The van der Waals surface area contributed by atoms with Crippen LogP contribution in [0.3, 0.4) is 0 Å². The van der Waals surface area contributed by atoms with Crippen LogP contribution in [0.5, 0.6) is 0 Å². The zero-order chi connectivity index (χ0) is 12.3. The van der Waals surface area contributed by atoms with Crippen LogP contribution < -0.4 is 0 Å². The molecular formula is C14H16N2O. The van der Waals surface area contributed by atoms with Crippen molar-refractivity contribution in [1.82, 2.24) is 9.78 Å². The van der Waals surface area contributed by atoms with Crippen molar-refractivity contribution in [2.45, 2.75) is 26.2 Å². The summed E-state index contributed by atoms with van der Waals surface area (Å²) in [5.41, 5.74) is 2.05. The third-order valence-corrected chi connectivity index (χ3v) is 2.85. The van der Waals surface area contributed by atoms with E-state index in [0.717, 1.165) is 17.5 Å². The van der Waals surface area contributed by atoms with Gasteiger partial charge in [0.15, 0.2) is 0 Å². The molecule has 1 heterocycles. The van der Waals surface area contributed by atoms with E-state index in [-0.39, 0.29) is 11.8 Å². The molecule has 1 atom stereocenters. The van der Waals surface area contributed by atoms with E-state index in [4.69, 9.17) is 0 Å². The second-order valence-corrected chi connectivity index (χ2v) is 4.17. The maximum absolute atomic E-state index is 12.3. The molecule has 3 heteroatoms. The maximum atomic E-state index is 12.3. The summed E-state index contributed by atoms with van der Waals surface area (Å²) in [6, 6.07) is 9.85. The number of nitrogens with zero attached hydrogens (tertiary/aromatic N) is 2. The van der Waals surface area contributed by atoms with Gasteiger partial charge in [-0.05, 0) is 24.5 Å². The molecule has 0 amide bonds. The van der Waals surface area contributed by atoms with Crippen LogP contribution >= 0.6 is 0 Å². The highest BCUT2D eigenvalue weighted by Crippen LogP contribution is 2.21. The maximum Gasteiger partial charge on any atom is 0.254 e. The molecule has 17 heavy (non-hydrogen) atoms. The van der Waals surface area contributed by atoms with E-state index in [2.05, 4.69) is 5.10 Å². The summed E-state index contributed by atoms with van der Waals surface area (Å²) in [6.07, 6.45) is 4.26. The van der Waals surface area contributed by atoms with Crippen LogP contribution in [0.1, 0.15) is 35.2 Å². The number of hydrogen-bond donors (Lipinski definition) is 0. The fourth-order valence-corrected chi connectivity index (χ4v) is 1.93. The Kier molecular flexibility index (Phi) is 3.38. The van der Waals surface area contributed by atoms with E-state index < -0.39 is 0 Å². The molecule has 0 bridgehead atoms. The van der Waals surface area contributed by atoms with E-state index in [1.807, 2.05) is 44.2 Å². The van der Waals surface area contributed by atoms with Crippen LogP contribution in [0.15, 0.2) is 42.7 Å². The third kappa shape index (κ3) is 2.44. The first-order valence-electron chi connectivity index (χ1n) is 5.82. The van der Waals surface area contributed by atoms with Crippen LogP contribution in [0, 0.1) is 6.92 Å². The highest BCUT2D eigenvalue weighted by Gasteiger charge is 2.20. The third-order valence-electron chi connectivity index (χ3n) is 2.85. The van der Waals surface area contributed by atoms with Gasteiger partial charge in [-0.25, -0.2) is 4.68 Å². The number of rotatable bonds is 3. The van der Waals surface area contributed by atoms with Crippen molar-refractivity contribution in [3.63, 3.8) is 0 Å². The molecule has 2 rings (SSSR count). The predicted octanol–water partition coefficient (Wildman–Crippen LogP) is 3.03. The van der Waals surface area contributed by atoms with Crippen molar-refractivity contribution >= 4 is 5.91 Å². The van der Waals surface area contributed by atoms with E-state index in [9.17, 15) is 4.79 Å². The lowest BCUT2D eigenvalue weighted by molar-refractivity contribution is 0.0858. The average Bonchev–Trinajstić information content (AvgIpc) is 2.78. The molecule has 0 spiro atoms. The lowest BCUT2D eigenvalue weighted by Gasteiger charge is -2.13. The molecule has 0 saturated heterocycles. The smallest absolute Gasteiger partial charge is 0.254 e. The molecule has 3 nitrogen and oxygen atoms in total. The van der Waals surface area contributed by atoms with Gasteiger partial charge >= 0.3 is 0 Å². The number of hydrogen-bond acceptors (Lipinski definition) is 2. The molecule has 1 aromatic carbocycles. The van der Waals surface area contributed by atoms with Gasteiger partial charge in [0.25, 0.3) is 5.91 Å². The van der Waals surface area contributed by atoms with E-state index in [1.165, 1.54) is 4.68 Å². The number of aryl methyl sites for hydroxylation is 1. The Balaban J connectivity index is 2.28. The quantitative estimate of drug-likeness (QED) is 0.809. The minimum atomic E-state index is -0.115. The van der Waals surface area contributed by atoms with Gasteiger partial charge in [0.1, 0.15) is 0 Å². The summed E-state index contributed by atoms with van der Waals surface area (Å²) in [6.45, 7) is 3.95. The highest BCUT2D eigenvalue weighted by molar-refractivity contribution is 5.85. The molecule has 0 aliphatic heterocycles. The summed E-state index contributed by atoms with van der Waals surface area (Å²) in [5.74, 6) is -0.0812. The first-order chi connectivity index (χ1) is 8.22. The van der Waals surface area contributed by atoms with E-state index in [1.54, 1.807) is 12.4 Å². The average molecular weight is 228 g/mol. The Morgan fingerprint density at radius 1 is 1.35 bits per heavy atom. The molecule has 0 saturated carbocycles. The Morgan fingerprint density at radius 2 is 2.06 bits per heavy atom. The Hall–Kier alpha value is -1.90. The lowest BCUT2D eigenvalue weighted by Crippen LogP contribution is -2.20. The Labute approximate surface area is 101 Å². The van der Waals surface area contributed by atoms with Crippen LogP contribution in [-0.2, 0) is 0 Å². The standard InChI is InChI=1S/C14H16N2O/c1-3-13(12-7-5-4-6-8-12)14(17)16-10-11(2)9-15-16/h4-10,13H,3H2,1-2H3/t13-/m0/s1. The minimum absolute atomic E-state index is 0.0341. The van der Waals surface area contributed by atoms with Crippen molar-refractivity contribution in [3.05, 3.63) is 53.9 Å². The Morgan fingerprint density at radius 3 is 2.59 bits per heavy atom. The number of carbonyl (C=O) groups is 1. The zero-order valence-corrected chi connectivity index (χ0v) is 10.1. The van der Waals surface area contributed by atoms with Crippen molar-refractivity contribution in [2.75, 3.05) is 0 Å². The normalized spacial score (nSPS) is 12.4. The highest BCUT2D eigenvalue weighted by atomic mass is 16.2. The molecule has 0 fully saturated rings. The van der Waals surface area contributed by atoms with Gasteiger partial charge in [0.2, 0.25) is 0 Å². The SMILES string of the molecule is CC[C@H](C(=O)n1cc(C)cn1)c1ccccc1. The fraction of sp³-hybridized carbons (Fsp3) is 0.286. The number of aromatic nitrogens is 2. The van der Waals surface area contributed by atoms with E-state index >= 15 is 0 Å². The van der Waals surface area contributed by atoms with Gasteiger partial charge < -0.3 is 0 Å². The molecule has 0 N–H and O–H groups in total. The summed E-state index contributed by atoms with van der Waals surface area (Å²) in [4.78, 5) is 12.3. The predicted molar refractivity (Wildman–Crippen MR) is 67.1 cm³/mol. The van der Waals surface area contributed by atoms with Gasteiger partial charge in [-0.1, -0.05) is 37.3 Å². The van der Waals surface area contributed by atoms with Gasteiger partial charge in [-0.2, -0.15) is 5.10 Å². The molecule has 2 aromatic rings. The number of benzene rings is 1. The molecule has 0 aliphatic carbocycles. The van der Waals surface area contributed by atoms with Crippen LogP contribution in [0.2, 0.25) is 0 Å². The Bertz CT molecular complexity index is 502. The number of carbonyl (C=O) groups excluding carboxylic acids is 1.